The summed E-state index contributed by atoms with van der Waals surface area (Å²) in [6.07, 6.45) is 6.92. The minimum atomic E-state index is 0.541. The molecule has 0 saturated carbocycles. The highest BCUT2D eigenvalue weighted by atomic mass is 15.2. The van der Waals surface area contributed by atoms with Gasteiger partial charge in [0.1, 0.15) is 5.65 Å². The lowest BCUT2D eigenvalue weighted by Gasteiger charge is -2.28. The monoisotopic (exact) mass is 286 g/mol. The second-order valence-electron chi connectivity index (χ2n) is 6.52. The van der Waals surface area contributed by atoms with Crippen molar-refractivity contribution < 1.29 is 0 Å². The average molecular weight is 286 g/mol. The van der Waals surface area contributed by atoms with E-state index in [0.29, 0.717) is 12.1 Å². The Hall–Kier alpha value is -1.39. The van der Waals surface area contributed by atoms with Crippen LogP contribution in [0.5, 0.6) is 0 Å². The molecule has 114 valence electrons. The Balaban J connectivity index is 1.73. The van der Waals surface area contributed by atoms with Gasteiger partial charge in [-0.15, -0.1) is 0 Å². The van der Waals surface area contributed by atoms with E-state index in [1.54, 1.807) is 0 Å². The molecule has 0 radical (unpaired) electrons. The van der Waals surface area contributed by atoms with E-state index in [0.717, 1.165) is 24.4 Å². The molecule has 0 bridgehead atoms. The van der Waals surface area contributed by atoms with Crippen molar-refractivity contribution in [1.29, 1.82) is 0 Å². The number of rotatable bonds is 5. The van der Waals surface area contributed by atoms with E-state index in [1.807, 2.05) is 0 Å². The van der Waals surface area contributed by atoms with Crippen LogP contribution in [-0.4, -0.2) is 39.5 Å². The molecule has 1 atom stereocenters. The molecule has 3 rings (SSSR count). The molecule has 3 heterocycles. The molecule has 1 fully saturated rings. The highest BCUT2D eigenvalue weighted by Gasteiger charge is 2.20. The summed E-state index contributed by atoms with van der Waals surface area (Å²) in [6.45, 7) is 9.88. The van der Waals surface area contributed by atoms with E-state index in [9.17, 15) is 0 Å². The Bertz CT molecular complexity index is 596. The molecular formula is C17H26N4. The molecule has 2 aromatic rings. The normalized spacial score (nSPS) is 19.2. The minimum absolute atomic E-state index is 0.541. The molecule has 1 saturated heterocycles. The number of imidazole rings is 1. The maximum absolute atomic E-state index is 4.75. The van der Waals surface area contributed by atoms with Crippen LogP contribution < -0.4 is 5.32 Å². The smallest absolute Gasteiger partial charge is 0.137 e. The first-order chi connectivity index (χ1) is 10.1. The Morgan fingerprint density at radius 2 is 2.24 bits per heavy atom. The number of fused-ring (bicyclic) bond motifs is 1. The van der Waals surface area contributed by atoms with Gasteiger partial charge in [0.05, 0.1) is 5.69 Å². The summed E-state index contributed by atoms with van der Waals surface area (Å²) in [5, 5.41) is 3.59. The van der Waals surface area contributed by atoms with Crippen LogP contribution in [-0.2, 0) is 6.54 Å². The van der Waals surface area contributed by atoms with Crippen molar-refractivity contribution in [2.75, 3.05) is 13.1 Å². The summed E-state index contributed by atoms with van der Waals surface area (Å²) in [7, 11) is 0. The topological polar surface area (TPSA) is 32.6 Å². The van der Waals surface area contributed by atoms with Gasteiger partial charge < -0.3 is 9.72 Å². The lowest BCUT2D eigenvalue weighted by Crippen LogP contribution is -2.40. The molecule has 1 N–H and O–H groups in total. The Kier molecular flexibility index (Phi) is 4.27. The first kappa shape index (κ1) is 14.5. The summed E-state index contributed by atoms with van der Waals surface area (Å²) >= 11 is 0. The summed E-state index contributed by atoms with van der Waals surface area (Å²) in [5.41, 5.74) is 3.47. The van der Waals surface area contributed by atoms with Gasteiger partial charge in [0, 0.05) is 37.6 Å². The fourth-order valence-electron chi connectivity index (χ4n) is 3.09. The van der Waals surface area contributed by atoms with E-state index in [1.165, 1.54) is 24.9 Å². The third-order valence-electron chi connectivity index (χ3n) is 4.36. The van der Waals surface area contributed by atoms with Crippen LogP contribution in [0.4, 0.5) is 0 Å². The lowest BCUT2D eigenvalue weighted by atomic mass is 10.2. The fourth-order valence-corrected chi connectivity index (χ4v) is 3.09. The van der Waals surface area contributed by atoms with E-state index in [-0.39, 0.29) is 0 Å². The van der Waals surface area contributed by atoms with Gasteiger partial charge in [0.25, 0.3) is 0 Å². The van der Waals surface area contributed by atoms with Crippen molar-refractivity contribution in [3.05, 3.63) is 35.8 Å². The largest absolute Gasteiger partial charge is 0.313 e. The SMILES string of the molecule is Cc1ccc2nc(CN(CC3CCCN3)C(C)C)cn2c1. The van der Waals surface area contributed by atoms with Gasteiger partial charge in [0.2, 0.25) is 0 Å². The highest BCUT2D eigenvalue weighted by Crippen LogP contribution is 2.14. The predicted molar refractivity (Wildman–Crippen MR) is 86.5 cm³/mol. The predicted octanol–water partition coefficient (Wildman–Crippen LogP) is 2.61. The quantitative estimate of drug-likeness (QED) is 0.917. The van der Waals surface area contributed by atoms with Crippen molar-refractivity contribution in [3.8, 4) is 0 Å². The van der Waals surface area contributed by atoms with Crippen molar-refractivity contribution in [1.82, 2.24) is 19.6 Å². The van der Waals surface area contributed by atoms with Gasteiger partial charge in [-0.05, 0) is 51.8 Å². The van der Waals surface area contributed by atoms with Crippen molar-refractivity contribution in [3.63, 3.8) is 0 Å². The lowest BCUT2D eigenvalue weighted by molar-refractivity contribution is 0.192. The molecule has 0 amide bonds. The molecule has 2 aromatic heterocycles. The second-order valence-corrected chi connectivity index (χ2v) is 6.52. The zero-order valence-corrected chi connectivity index (χ0v) is 13.3. The summed E-state index contributed by atoms with van der Waals surface area (Å²) in [4.78, 5) is 7.28. The number of pyridine rings is 1. The molecule has 1 aliphatic heterocycles. The first-order valence-corrected chi connectivity index (χ1v) is 8.03. The molecule has 4 heteroatoms. The molecule has 1 unspecified atom stereocenters. The van der Waals surface area contributed by atoms with Gasteiger partial charge in [0.15, 0.2) is 0 Å². The number of nitrogens with zero attached hydrogens (tertiary/aromatic N) is 3. The summed E-state index contributed by atoms with van der Waals surface area (Å²) in [5.74, 6) is 0. The molecule has 21 heavy (non-hydrogen) atoms. The number of aryl methyl sites for hydroxylation is 1. The third kappa shape index (κ3) is 3.44. The van der Waals surface area contributed by atoms with Gasteiger partial charge in [-0.2, -0.15) is 0 Å². The van der Waals surface area contributed by atoms with Crippen LogP contribution in [0.25, 0.3) is 5.65 Å². The molecular weight excluding hydrogens is 260 g/mol. The molecule has 0 aliphatic carbocycles. The minimum Gasteiger partial charge on any atom is -0.313 e. The fraction of sp³-hybridized carbons (Fsp3) is 0.588. The van der Waals surface area contributed by atoms with Gasteiger partial charge in [-0.1, -0.05) is 6.07 Å². The number of hydrogen-bond acceptors (Lipinski definition) is 3. The molecule has 0 aromatic carbocycles. The average Bonchev–Trinajstić information content (AvgIpc) is 3.06. The van der Waals surface area contributed by atoms with Crippen LogP contribution in [0, 0.1) is 6.92 Å². The van der Waals surface area contributed by atoms with Crippen LogP contribution in [0.2, 0.25) is 0 Å². The number of hydrogen-bond donors (Lipinski definition) is 1. The summed E-state index contributed by atoms with van der Waals surface area (Å²) < 4.78 is 2.14. The van der Waals surface area contributed by atoms with Gasteiger partial charge in [-0.25, -0.2) is 4.98 Å². The van der Waals surface area contributed by atoms with Crippen molar-refractivity contribution in [2.24, 2.45) is 0 Å². The zero-order chi connectivity index (χ0) is 14.8. The Morgan fingerprint density at radius 3 is 2.95 bits per heavy atom. The van der Waals surface area contributed by atoms with E-state index < -0.39 is 0 Å². The molecule has 4 nitrogen and oxygen atoms in total. The third-order valence-corrected chi connectivity index (χ3v) is 4.36. The highest BCUT2D eigenvalue weighted by molar-refractivity contribution is 5.41. The van der Waals surface area contributed by atoms with E-state index in [4.69, 9.17) is 4.98 Å². The van der Waals surface area contributed by atoms with Crippen LogP contribution in [0.1, 0.15) is 37.9 Å². The molecule has 1 aliphatic rings. The maximum atomic E-state index is 4.75. The van der Waals surface area contributed by atoms with Crippen LogP contribution >= 0.6 is 0 Å². The van der Waals surface area contributed by atoms with Crippen LogP contribution in [0.15, 0.2) is 24.5 Å². The number of aromatic nitrogens is 2. The second kappa shape index (κ2) is 6.16. The van der Waals surface area contributed by atoms with E-state index >= 15 is 0 Å². The van der Waals surface area contributed by atoms with Gasteiger partial charge in [-0.3, -0.25) is 4.90 Å². The first-order valence-electron chi connectivity index (χ1n) is 8.03. The Labute approximate surface area is 127 Å². The van der Waals surface area contributed by atoms with Crippen molar-refractivity contribution >= 4 is 5.65 Å². The summed E-state index contributed by atoms with van der Waals surface area (Å²) in [6, 6.07) is 5.40. The molecule has 0 spiro atoms. The number of nitrogens with one attached hydrogen (secondary N) is 1. The maximum Gasteiger partial charge on any atom is 0.137 e. The standard InChI is InChI=1S/C17H26N4/c1-13(2)20(10-15-5-4-8-18-15)11-16-12-21-9-14(3)6-7-17(21)19-16/h6-7,9,12-13,15,18H,4-5,8,10-11H2,1-3H3. The zero-order valence-electron chi connectivity index (χ0n) is 13.3. The van der Waals surface area contributed by atoms with Crippen LogP contribution in [0.3, 0.4) is 0 Å². The Morgan fingerprint density at radius 1 is 1.38 bits per heavy atom. The van der Waals surface area contributed by atoms with Gasteiger partial charge >= 0.3 is 0 Å². The van der Waals surface area contributed by atoms with E-state index in [2.05, 4.69) is 59.9 Å². The van der Waals surface area contributed by atoms with Crippen molar-refractivity contribution in [2.45, 2.75) is 52.2 Å².